The molecular weight excluding hydrogens is 250 g/mol. The Kier molecular flexibility index (Phi) is 5.39. The summed E-state index contributed by atoms with van der Waals surface area (Å²) in [5, 5.41) is 3.42. The molecule has 1 fully saturated rings. The van der Waals surface area contributed by atoms with Crippen molar-refractivity contribution in [3.05, 3.63) is 23.9 Å². The third-order valence-corrected chi connectivity index (χ3v) is 3.93. The molecule has 4 nitrogen and oxygen atoms in total. The first kappa shape index (κ1) is 14.8. The van der Waals surface area contributed by atoms with Gasteiger partial charge in [-0.05, 0) is 31.7 Å². The molecule has 0 spiro atoms. The Labute approximate surface area is 121 Å². The van der Waals surface area contributed by atoms with Crippen molar-refractivity contribution in [3.8, 4) is 0 Å². The van der Waals surface area contributed by atoms with Crippen LogP contribution in [0.5, 0.6) is 0 Å². The predicted octanol–water partition coefficient (Wildman–Crippen LogP) is 3.37. The summed E-state index contributed by atoms with van der Waals surface area (Å²) < 4.78 is 0. The van der Waals surface area contributed by atoms with Crippen LogP contribution in [0.4, 0.5) is 5.82 Å². The van der Waals surface area contributed by atoms with Gasteiger partial charge in [0.15, 0.2) is 0 Å². The smallest absolute Gasteiger partial charge is 0.219 e. The lowest BCUT2D eigenvalue weighted by Crippen LogP contribution is -2.37. The van der Waals surface area contributed by atoms with E-state index in [-0.39, 0.29) is 11.9 Å². The number of carbonyl (C=O) groups is 1. The molecule has 110 valence electrons. The Morgan fingerprint density at radius 3 is 3.10 bits per heavy atom. The monoisotopic (exact) mass is 275 g/mol. The number of likely N-dealkylation sites (tertiary alicyclic amines) is 1. The van der Waals surface area contributed by atoms with Gasteiger partial charge in [0.1, 0.15) is 5.82 Å². The highest BCUT2D eigenvalue weighted by molar-refractivity contribution is 5.74. The Morgan fingerprint density at radius 2 is 2.35 bits per heavy atom. The molecule has 1 aliphatic heterocycles. The van der Waals surface area contributed by atoms with Crippen molar-refractivity contribution in [2.24, 2.45) is 0 Å². The van der Waals surface area contributed by atoms with Gasteiger partial charge in [0.25, 0.3) is 0 Å². The minimum absolute atomic E-state index is 0.165. The summed E-state index contributed by atoms with van der Waals surface area (Å²) in [4.78, 5) is 18.3. The lowest BCUT2D eigenvalue weighted by atomic mass is 9.95. The van der Waals surface area contributed by atoms with E-state index in [2.05, 4.69) is 23.3 Å². The minimum atomic E-state index is 0.165. The predicted molar refractivity (Wildman–Crippen MR) is 81.6 cm³/mol. The van der Waals surface area contributed by atoms with Crippen LogP contribution in [0, 0.1) is 0 Å². The number of rotatable bonds is 5. The minimum Gasteiger partial charge on any atom is -0.370 e. The van der Waals surface area contributed by atoms with Crippen LogP contribution in [0.15, 0.2) is 18.3 Å². The lowest BCUT2D eigenvalue weighted by molar-refractivity contribution is -0.132. The van der Waals surface area contributed by atoms with Crippen LogP contribution in [-0.2, 0) is 4.79 Å². The molecule has 0 saturated carbocycles. The van der Waals surface area contributed by atoms with E-state index < -0.39 is 0 Å². The van der Waals surface area contributed by atoms with Crippen LogP contribution in [0.1, 0.15) is 57.6 Å². The molecular formula is C16H25N3O. The van der Waals surface area contributed by atoms with Crippen molar-refractivity contribution >= 4 is 11.7 Å². The molecule has 1 saturated heterocycles. The van der Waals surface area contributed by atoms with Crippen LogP contribution in [0.2, 0.25) is 0 Å². The molecule has 1 aromatic heterocycles. The van der Waals surface area contributed by atoms with Gasteiger partial charge in [-0.15, -0.1) is 0 Å². The van der Waals surface area contributed by atoms with Crippen molar-refractivity contribution in [2.45, 2.75) is 52.0 Å². The molecule has 0 aliphatic carbocycles. The number of hydrogen-bond acceptors (Lipinski definition) is 3. The Morgan fingerprint density at radius 1 is 1.50 bits per heavy atom. The van der Waals surface area contributed by atoms with Gasteiger partial charge in [0.05, 0.1) is 6.04 Å². The number of amides is 1. The Hall–Kier alpha value is -1.58. The number of anilines is 1. The van der Waals surface area contributed by atoms with E-state index in [1.807, 2.05) is 17.2 Å². The zero-order chi connectivity index (χ0) is 14.4. The van der Waals surface area contributed by atoms with E-state index in [0.717, 1.165) is 44.6 Å². The first-order chi connectivity index (χ1) is 9.74. The van der Waals surface area contributed by atoms with E-state index in [0.29, 0.717) is 0 Å². The summed E-state index contributed by atoms with van der Waals surface area (Å²) in [7, 11) is 0. The molecule has 1 aromatic rings. The van der Waals surface area contributed by atoms with Crippen LogP contribution < -0.4 is 5.32 Å². The molecule has 1 N–H and O–H groups in total. The van der Waals surface area contributed by atoms with Gasteiger partial charge in [-0.2, -0.15) is 0 Å². The van der Waals surface area contributed by atoms with E-state index in [9.17, 15) is 4.79 Å². The largest absolute Gasteiger partial charge is 0.370 e. The highest BCUT2D eigenvalue weighted by Gasteiger charge is 2.27. The van der Waals surface area contributed by atoms with Crippen LogP contribution in [-0.4, -0.2) is 28.9 Å². The fourth-order valence-electron chi connectivity index (χ4n) is 2.85. The average molecular weight is 275 g/mol. The number of piperidine rings is 1. The maximum atomic E-state index is 11.8. The molecule has 0 aromatic carbocycles. The molecule has 0 bridgehead atoms. The summed E-state index contributed by atoms with van der Waals surface area (Å²) in [6.07, 6.45) is 7.44. The number of unbranched alkanes of at least 4 members (excludes halogenated alkanes) is 1. The first-order valence-electron chi connectivity index (χ1n) is 7.70. The van der Waals surface area contributed by atoms with E-state index in [1.165, 1.54) is 12.0 Å². The van der Waals surface area contributed by atoms with Gasteiger partial charge < -0.3 is 10.2 Å². The van der Waals surface area contributed by atoms with E-state index in [1.54, 1.807) is 6.92 Å². The summed E-state index contributed by atoms with van der Waals surface area (Å²) in [5.41, 5.74) is 1.17. The standard InChI is InChI=1S/C16H25N3O/c1-3-4-10-17-16-14(8-7-11-18-16)15-9-5-6-12-19(15)13(2)20/h7-8,11,15H,3-6,9-10,12H2,1-2H3,(H,17,18)/t15-/m1/s1. The number of nitrogens with one attached hydrogen (secondary N) is 1. The second-order valence-electron chi connectivity index (χ2n) is 5.45. The van der Waals surface area contributed by atoms with Crippen molar-refractivity contribution in [1.29, 1.82) is 0 Å². The molecule has 1 atom stereocenters. The van der Waals surface area contributed by atoms with E-state index >= 15 is 0 Å². The fourth-order valence-corrected chi connectivity index (χ4v) is 2.85. The zero-order valence-electron chi connectivity index (χ0n) is 12.6. The van der Waals surface area contributed by atoms with Crippen LogP contribution in [0.3, 0.4) is 0 Å². The number of nitrogens with zero attached hydrogens (tertiary/aromatic N) is 2. The Balaban J connectivity index is 2.19. The van der Waals surface area contributed by atoms with Crippen LogP contribution >= 0.6 is 0 Å². The van der Waals surface area contributed by atoms with Crippen LogP contribution in [0.25, 0.3) is 0 Å². The number of pyridine rings is 1. The normalized spacial score (nSPS) is 18.9. The average Bonchev–Trinajstić information content (AvgIpc) is 2.48. The molecule has 1 aliphatic rings. The van der Waals surface area contributed by atoms with Gasteiger partial charge in [-0.1, -0.05) is 19.4 Å². The highest BCUT2D eigenvalue weighted by atomic mass is 16.2. The van der Waals surface area contributed by atoms with Crippen molar-refractivity contribution in [3.63, 3.8) is 0 Å². The number of carbonyl (C=O) groups excluding carboxylic acids is 1. The quantitative estimate of drug-likeness (QED) is 0.838. The fraction of sp³-hybridized carbons (Fsp3) is 0.625. The molecule has 0 radical (unpaired) electrons. The molecule has 1 amide bonds. The second-order valence-corrected chi connectivity index (χ2v) is 5.45. The SMILES string of the molecule is CCCCNc1ncccc1[C@H]1CCCCN1C(C)=O. The van der Waals surface area contributed by atoms with Gasteiger partial charge in [0.2, 0.25) is 5.91 Å². The third kappa shape index (κ3) is 3.50. The zero-order valence-corrected chi connectivity index (χ0v) is 12.6. The topological polar surface area (TPSA) is 45.2 Å². The number of aromatic nitrogens is 1. The number of hydrogen-bond donors (Lipinski definition) is 1. The van der Waals surface area contributed by atoms with Crippen molar-refractivity contribution < 1.29 is 4.79 Å². The first-order valence-corrected chi connectivity index (χ1v) is 7.70. The second kappa shape index (κ2) is 7.27. The molecule has 2 heterocycles. The maximum Gasteiger partial charge on any atom is 0.219 e. The van der Waals surface area contributed by atoms with E-state index in [4.69, 9.17) is 0 Å². The van der Waals surface area contributed by atoms with Crippen molar-refractivity contribution in [2.75, 3.05) is 18.4 Å². The molecule has 2 rings (SSSR count). The highest BCUT2D eigenvalue weighted by Crippen LogP contribution is 2.34. The maximum absolute atomic E-state index is 11.8. The van der Waals surface area contributed by atoms with Gasteiger partial charge in [-0.3, -0.25) is 4.79 Å². The molecule has 0 unspecified atom stereocenters. The van der Waals surface area contributed by atoms with Gasteiger partial charge in [0, 0.05) is 31.8 Å². The lowest BCUT2D eigenvalue weighted by Gasteiger charge is -2.36. The Bertz CT molecular complexity index is 447. The summed E-state index contributed by atoms with van der Waals surface area (Å²) in [5.74, 6) is 1.11. The summed E-state index contributed by atoms with van der Waals surface area (Å²) in [6.45, 7) is 5.65. The molecule has 20 heavy (non-hydrogen) atoms. The summed E-state index contributed by atoms with van der Waals surface area (Å²) >= 11 is 0. The molecule has 4 heteroatoms. The van der Waals surface area contributed by atoms with Gasteiger partial charge in [-0.25, -0.2) is 4.98 Å². The van der Waals surface area contributed by atoms with Gasteiger partial charge >= 0.3 is 0 Å². The van der Waals surface area contributed by atoms with Crippen molar-refractivity contribution in [1.82, 2.24) is 9.88 Å². The third-order valence-electron chi connectivity index (χ3n) is 3.93. The summed E-state index contributed by atoms with van der Waals surface area (Å²) in [6, 6.07) is 4.25.